The molecule has 0 unspecified atom stereocenters. The molecule has 2 bridgehead atoms. The zero-order valence-corrected chi connectivity index (χ0v) is 17.9. The molecule has 0 aromatic carbocycles. The Morgan fingerprint density at radius 2 is 1.93 bits per heavy atom. The maximum absolute atomic E-state index is 12.8. The average molecular weight is 371 g/mol. The van der Waals surface area contributed by atoms with E-state index in [-0.39, 0.29) is 11.0 Å². The Labute approximate surface area is 166 Å². The van der Waals surface area contributed by atoms with Crippen LogP contribution in [0, 0.1) is 17.3 Å². The van der Waals surface area contributed by atoms with E-state index >= 15 is 0 Å². The molecule has 1 heterocycles. The van der Waals surface area contributed by atoms with Gasteiger partial charge in [0, 0.05) is 11.3 Å². The highest BCUT2D eigenvalue weighted by Gasteiger charge is 2.63. The third kappa shape index (κ3) is 4.47. The number of aldehydes is 1. The van der Waals surface area contributed by atoms with E-state index in [2.05, 4.69) is 45.9 Å². The summed E-state index contributed by atoms with van der Waals surface area (Å²) in [6, 6.07) is 0. The van der Waals surface area contributed by atoms with Crippen LogP contribution >= 0.6 is 0 Å². The van der Waals surface area contributed by atoms with Crippen LogP contribution in [0.5, 0.6) is 0 Å². The Bertz CT molecular complexity index is 631. The van der Waals surface area contributed by atoms with Crippen molar-refractivity contribution in [3.63, 3.8) is 0 Å². The SMILES string of the molecule is CC(C)=CCC[C@]1(C=O)[C@H]2C/C=C(\C)CC/C=C(\C)CC[C@H]1[C@@]1(CC2)CO1. The molecule has 2 aliphatic carbocycles. The van der Waals surface area contributed by atoms with Gasteiger partial charge in [0.15, 0.2) is 0 Å². The molecule has 0 aromatic rings. The number of carbonyl (C=O) groups is 1. The van der Waals surface area contributed by atoms with Crippen LogP contribution in [-0.2, 0) is 9.53 Å². The number of fused-ring (bicyclic) bond motifs is 3. The van der Waals surface area contributed by atoms with Crippen molar-refractivity contribution >= 4 is 6.29 Å². The van der Waals surface area contributed by atoms with Crippen molar-refractivity contribution in [2.75, 3.05) is 6.61 Å². The number of ether oxygens (including phenoxy) is 1. The molecule has 0 N–H and O–H groups in total. The third-order valence-electron chi connectivity index (χ3n) is 7.43. The zero-order chi connectivity index (χ0) is 19.5. The molecule has 3 aliphatic rings. The van der Waals surface area contributed by atoms with E-state index in [4.69, 9.17) is 4.74 Å². The molecule has 3 rings (SSSR count). The van der Waals surface area contributed by atoms with Crippen molar-refractivity contribution in [1.82, 2.24) is 0 Å². The van der Waals surface area contributed by atoms with Crippen LogP contribution in [0.15, 0.2) is 34.9 Å². The van der Waals surface area contributed by atoms with Gasteiger partial charge in [-0.2, -0.15) is 0 Å². The van der Waals surface area contributed by atoms with Crippen molar-refractivity contribution in [1.29, 1.82) is 0 Å². The summed E-state index contributed by atoms with van der Waals surface area (Å²) < 4.78 is 6.08. The maximum Gasteiger partial charge on any atom is 0.126 e. The normalized spacial score (nSPS) is 40.6. The van der Waals surface area contributed by atoms with Crippen LogP contribution in [-0.4, -0.2) is 18.5 Å². The highest BCUT2D eigenvalue weighted by atomic mass is 16.6. The number of carbonyl (C=O) groups excluding carboxylic acids is 1. The molecule has 1 spiro atoms. The molecule has 2 heteroatoms. The first-order chi connectivity index (χ1) is 12.9. The summed E-state index contributed by atoms with van der Waals surface area (Å²) in [6.07, 6.45) is 18.3. The van der Waals surface area contributed by atoms with E-state index in [0.29, 0.717) is 11.8 Å². The summed E-state index contributed by atoms with van der Waals surface area (Å²) in [5, 5.41) is 0. The minimum atomic E-state index is -0.239. The van der Waals surface area contributed by atoms with Gasteiger partial charge in [0.05, 0.1) is 12.2 Å². The van der Waals surface area contributed by atoms with E-state index in [1.807, 2.05) is 0 Å². The first-order valence-corrected chi connectivity index (χ1v) is 11.0. The summed E-state index contributed by atoms with van der Waals surface area (Å²) >= 11 is 0. The van der Waals surface area contributed by atoms with Crippen LogP contribution < -0.4 is 0 Å². The summed E-state index contributed by atoms with van der Waals surface area (Å²) in [5.41, 5.74) is 4.05. The van der Waals surface area contributed by atoms with Crippen LogP contribution in [0.4, 0.5) is 0 Å². The van der Waals surface area contributed by atoms with Crippen LogP contribution in [0.25, 0.3) is 0 Å². The first kappa shape index (κ1) is 20.6. The number of hydrogen-bond donors (Lipinski definition) is 0. The van der Waals surface area contributed by atoms with Gasteiger partial charge in [-0.15, -0.1) is 0 Å². The lowest BCUT2D eigenvalue weighted by Crippen LogP contribution is -2.51. The summed E-state index contributed by atoms with van der Waals surface area (Å²) in [5.74, 6) is 0.822. The van der Waals surface area contributed by atoms with E-state index in [9.17, 15) is 4.79 Å². The first-order valence-electron chi connectivity index (χ1n) is 11.0. The molecule has 1 saturated heterocycles. The zero-order valence-electron chi connectivity index (χ0n) is 17.9. The highest BCUT2D eigenvalue weighted by molar-refractivity contribution is 5.62. The van der Waals surface area contributed by atoms with Gasteiger partial charge in [0.2, 0.25) is 0 Å². The monoisotopic (exact) mass is 370 g/mol. The quantitative estimate of drug-likeness (QED) is 0.318. The lowest BCUT2D eigenvalue weighted by atomic mass is 9.53. The van der Waals surface area contributed by atoms with Crippen molar-refractivity contribution in [3.05, 3.63) is 34.9 Å². The van der Waals surface area contributed by atoms with Gasteiger partial charge in [0.1, 0.15) is 6.29 Å². The van der Waals surface area contributed by atoms with Crippen molar-refractivity contribution in [3.8, 4) is 0 Å². The minimum absolute atomic E-state index is 0.00839. The second-order valence-electron chi connectivity index (χ2n) is 9.61. The fraction of sp³-hybridized carbons (Fsp3) is 0.720. The van der Waals surface area contributed by atoms with Gasteiger partial charge < -0.3 is 9.53 Å². The fourth-order valence-electron chi connectivity index (χ4n) is 5.64. The lowest BCUT2D eigenvalue weighted by molar-refractivity contribution is -0.131. The van der Waals surface area contributed by atoms with Gasteiger partial charge in [0.25, 0.3) is 0 Å². The largest absolute Gasteiger partial charge is 0.369 e. The topological polar surface area (TPSA) is 29.6 Å². The van der Waals surface area contributed by atoms with Crippen molar-refractivity contribution in [2.45, 2.75) is 91.1 Å². The predicted molar refractivity (Wildman–Crippen MR) is 113 cm³/mol. The van der Waals surface area contributed by atoms with Crippen molar-refractivity contribution in [2.24, 2.45) is 17.3 Å². The standard InChI is InChI=1S/C25H38O2/c1-19(2)7-6-15-24(17-26)22-12-10-20(3)8-5-9-21(4)11-13-23(24)25(16-14-22)18-27-25/h7,9-10,17,22-23H,5-6,8,11-16,18H2,1-4H3/b20-10+,21-9+/t22-,23+,24-,25+/m0/s1. The predicted octanol–water partition coefficient (Wildman–Crippen LogP) is 6.57. The van der Waals surface area contributed by atoms with E-state index < -0.39 is 0 Å². The summed E-state index contributed by atoms with van der Waals surface area (Å²) in [4.78, 5) is 12.8. The Morgan fingerprint density at radius 3 is 2.59 bits per heavy atom. The Kier molecular flexibility index (Phi) is 6.46. The molecular formula is C25H38O2. The van der Waals surface area contributed by atoms with E-state index in [1.165, 1.54) is 23.0 Å². The molecule has 150 valence electrons. The van der Waals surface area contributed by atoms with Gasteiger partial charge >= 0.3 is 0 Å². The molecule has 1 aliphatic heterocycles. The number of allylic oxidation sites excluding steroid dienone is 6. The van der Waals surface area contributed by atoms with Crippen LogP contribution in [0.1, 0.15) is 85.5 Å². The minimum Gasteiger partial charge on any atom is -0.369 e. The Hall–Kier alpha value is -1.15. The summed E-state index contributed by atoms with van der Waals surface area (Å²) in [6.45, 7) is 9.69. The second-order valence-corrected chi connectivity index (χ2v) is 9.61. The van der Waals surface area contributed by atoms with Gasteiger partial charge in [-0.1, -0.05) is 34.9 Å². The number of hydrogen-bond acceptors (Lipinski definition) is 2. The molecule has 4 atom stereocenters. The Balaban J connectivity index is 1.97. The molecule has 0 aromatic heterocycles. The number of epoxide rings is 1. The Morgan fingerprint density at radius 1 is 1.19 bits per heavy atom. The highest BCUT2D eigenvalue weighted by Crippen LogP contribution is 2.60. The summed E-state index contributed by atoms with van der Waals surface area (Å²) in [7, 11) is 0. The fourth-order valence-corrected chi connectivity index (χ4v) is 5.64. The third-order valence-corrected chi connectivity index (χ3v) is 7.43. The molecule has 2 nitrogen and oxygen atoms in total. The van der Waals surface area contributed by atoms with Gasteiger partial charge in [-0.05, 0) is 91.4 Å². The van der Waals surface area contributed by atoms with E-state index in [0.717, 1.165) is 64.4 Å². The van der Waals surface area contributed by atoms with Crippen LogP contribution in [0.2, 0.25) is 0 Å². The van der Waals surface area contributed by atoms with Crippen LogP contribution in [0.3, 0.4) is 0 Å². The molecule has 27 heavy (non-hydrogen) atoms. The average Bonchev–Trinajstić information content (AvgIpc) is 3.39. The molecule has 1 saturated carbocycles. The van der Waals surface area contributed by atoms with Crippen molar-refractivity contribution < 1.29 is 9.53 Å². The smallest absolute Gasteiger partial charge is 0.126 e. The molecule has 0 amide bonds. The van der Waals surface area contributed by atoms with Gasteiger partial charge in [-0.3, -0.25) is 0 Å². The van der Waals surface area contributed by atoms with E-state index in [1.54, 1.807) is 0 Å². The maximum atomic E-state index is 12.8. The second kappa shape index (κ2) is 8.47. The molecule has 2 fully saturated rings. The van der Waals surface area contributed by atoms with Gasteiger partial charge in [-0.25, -0.2) is 0 Å². The molecular weight excluding hydrogens is 332 g/mol. The molecule has 0 radical (unpaired) electrons. The lowest BCUT2D eigenvalue weighted by Gasteiger charge is -2.49. The number of rotatable bonds is 4.